The van der Waals surface area contributed by atoms with Crippen LogP contribution < -0.4 is 9.64 Å². The number of nitrogens with zero attached hydrogens (tertiary/aromatic N) is 1. The number of fused-ring (bicyclic) bond motifs is 1. The minimum absolute atomic E-state index is 0.0163. The van der Waals surface area contributed by atoms with E-state index in [1.165, 1.54) is 11.1 Å². The van der Waals surface area contributed by atoms with Gasteiger partial charge in [-0.1, -0.05) is 20.8 Å². The maximum Gasteiger partial charge on any atom is 0.338 e. The van der Waals surface area contributed by atoms with Crippen LogP contribution >= 0.6 is 0 Å². The summed E-state index contributed by atoms with van der Waals surface area (Å²) in [4.78, 5) is 14.2. The van der Waals surface area contributed by atoms with Gasteiger partial charge in [0.25, 0.3) is 0 Å². The van der Waals surface area contributed by atoms with E-state index in [4.69, 9.17) is 9.47 Å². The lowest BCUT2D eigenvalue weighted by Crippen LogP contribution is -2.20. The van der Waals surface area contributed by atoms with E-state index in [0.717, 1.165) is 36.7 Å². The second kappa shape index (κ2) is 7.63. The van der Waals surface area contributed by atoms with Gasteiger partial charge in [-0.2, -0.15) is 0 Å². The van der Waals surface area contributed by atoms with Gasteiger partial charge in [-0.3, -0.25) is 0 Å². The predicted molar refractivity (Wildman–Crippen MR) is 109 cm³/mol. The average molecular weight is 367 g/mol. The molecule has 0 saturated heterocycles. The van der Waals surface area contributed by atoms with E-state index in [0.29, 0.717) is 12.2 Å². The Morgan fingerprint density at radius 3 is 2.41 bits per heavy atom. The second-order valence-electron chi connectivity index (χ2n) is 7.52. The molecule has 27 heavy (non-hydrogen) atoms. The molecule has 144 valence electrons. The van der Waals surface area contributed by atoms with Gasteiger partial charge >= 0.3 is 5.97 Å². The molecule has 0 radical (unpaired) electrons. The molecule has 0 aliphatic carbocycles. The van der Waals surface area contributed by atoms with Crippen LogP contribution in [-0.2, 0) is 16.6 Å². The Labute approximate surface area is 162 Å². The highest BCUT2D eigenvalue weighted by molar-refractivity contribution is 5.90. The average Bonchev–Trinajstić information content (AvgIpc) is 2.97. The fraction of sp³-hybridized carbons (Fsp3) is 0.435. The van der Waals surface area contributed by atoms with Crippen LogP contribution in [0.3, 0.4) is 0 Å². The van der Waals surface area contributed by atoms with Crippen molar-refractivity contribution in [1.29, 1.82) is 0 Å². The minimum Gasteiger partial charge on any atom is -0.492 e. The van der Waals surface area contributed by atoms with Crippen molar-refractivity contribution in [3.8, 4) is 5.75 Å². The first kappa shape index (κ1) is 19.3. The Hall–Kier alpha value is -2.49. The van der Waals surface area contributed by atoms with Crippen LogP contribution in [0.2, 0.25) is 0 Å². The Balaban J connectivity index is 1.98. The van der Waals surface area contributed by atoms with Crippen LogP contribution in [0.4, 0.5) is 11.4 Å². The number of ether oxygens (including phenoxy) is 2. The number of carbonyl (C=O) groups is 1. The first-order chi connectivity index (χ1) is 12.9. The summed E-state index contributed by atoms with van der Waals surface area (Å²) in [5, 5.41) is 0. The summed E-state index contributed by atoms with van der Waals surface area (Å²) >= 11 is 0. The maximum absolute atomic E-state index is 11.9. The summed E-state index contributed by atoms with van der Waals surface area (Å²) in [6.45, 7) is 12.5. The normalized spacial score (nSPS) is 14.4. The number of aryl methyl sites for hydroxylation is 1. The van der Waals surface area contributed by atoms with Gasteiger partial charge < -0.3 is 14.4 Å². The first-order valence-corrected chi connectivity index (χ1v) is 9.76. The van der Waals surface area contributed by atoms with Crippen LogP contribution in [-0.4, -0.2) is 25.7 Å². The number of esters is 1. The quantitative estimate of drug-likeness (QED) is 0.653. The van der Waals surface area contributed by atoms with Crippen molar-refractivity contribution in [2.24, 2.45) is 0 Å². The van der Waals surface area contributed by atoms with Gasteiger partial charge in [0.2, 0.25) is 0 Å². The van der Waals surface area contributed by atoms with E-state index < -0.39 is 0 Å². The van der Waals surface area contributed by atoms with Gasteiger partial charge in [0.05, 0.1) is 18.8 Å². The van der Waals surface area contributed by atoms with Crippen LogP contribution in [0.15, 0.2) is 36.4 Å². The van der Waals surface area contributed by atoms with Gasteiger partial charge in [-0.25, -0.2) is 4.79 Å². The predicted octanol–water partition coefficient (Wildman–Crippen LogP) is 5.25. The molecule has 0 spiro atoms. The molecule has 4 heteroatoms. The van der Waals surface area contributed by atoms with E-state index >= 15 is 0 Å². The summed E-state index contributed by atoms with van der Waals surface area (Å²) in [6.07, 6.45) is 0.936. The van der Waals surface area contributed by atoms with Gasteiger partial charge in [-0.15, -0.1) is 0 Å². The molecular weight excluding hydrogens is 338 g/mol. The molecule has 1 aliphatic heterocycles. The fourth-order valence-corrected chi connectivity index (χ4v) is 3.60. The zero-order chi connectivity index (χ0) is 19.6. The van der Waals surface area contributed by atoms with E-state index in [2.05, 4.69) is 44.7 Å². The fourth-order valence-electron chi connectivity index (χ4n) is 3.60. The van der Waals surface area contributed by atoms with Crippen molar-refractivity contribution in [1.82, 2.24) is 0 Å². The lowest BCUT2D eigenvalue weighted by molar-refractivity contribution is 0.0526. The second-order valence-corrected chi connectivity index (χ2v) is 7.52. The molecule has 0 unspecified atom stereocenters. The highest BCUT2D eigenvalue weighted by atomic mass is 16.5. The number of benzene rings is 2. The first-order valence-electron chi connectivity index (χ1n) is 9.76. The van der Waals surface area contributed by atoms with E-state index in [1.807, 2.05) is 31.2 Å². The molecule has 2 aromatic carbocycles. The molecule has 4 nitrogen and oxygen atoms in total. The molecule has 1 heterocycles. The van der Waals surface area contributed by atoms with Gasteiger partial charge in [-0.05, 0) is 62.2 Å². The molecular formula is C23H29NO3. The number of hydrogen-bond acceptors (Lipinski definition) is 4. The van der Waals surface area contributed by atoms with E-state index in [-0.39, 0.29) is 11.4 Å². The van der Waals surface area contributed by atoms with Crippen LogP contribution in [0.25, 0.3) is 0 Å². The number of anilines is 2. The van der Waals surface area contributed by atoms with Gasteiger partial charge in [0.15, 0.2) is 0 Å². The molecule has 3 rings (SSSR count). The number of hydrogen-bond donors (Lipinski definition) is 0. The highest BCUT2D eigenvalue weighted by Crippen LogP contribution is 2.44. The maximum atomic E-state index is 11.9. The van der Waals surface area contributed by atoms with Crippen molar-refractivity contribution in [3.05, 3.63) is 53.1 Å². The largest absolute Gasteiger partial charge is 0.492 e. The van der Waals surface area contributed by atoms with E-state index in [9.17, 15) is 4.79 Å². The van der Waals surface area contributed by atoms with Crippen LogP contribution in [0, 0.1) is 0 Å². The monoisotopic (exact) mass is 367 g/mol. The van der Waals surface area contributed by atoms with Gasteiger partial charge in [0, 0.05) is 28.9 Å². The molecule has 0 aromatic heterocycles. The third-order valence-electron chi connectivity index (χ3n) is 5.16. The molecule has 0 bridgehead atoms. The lowest BCUT2D eigenvalue weighted by Gasteiger charge is -2.26. The lowest BCUT2D eigenvalue weighted by atomic mass is 9.85. The summed E-state index contributed by atoms with van der Waals surface area (Å²) < 4.78 is 11.1. The van der Waals surface area contributed by atoms with Crippen molar-refractivity contribution in [2.75, 3.05) is 24.7 Å². The molecule has 0 amide bonds. The Morgan fingerprint density at radius 2 is 1.81 bits per heavy atom. The zero-order valence-corrected chi connectivity index (χ0v) is 17.0. The van der Waals surface area contributed by atoms with Crippen molar-refractivity contribution in [3.63, 3.8) is 0 Å². The van der Waals surface area contributed by atoms with Crippen LogP contribution in [0.1, 0.15) is 56.1 Å². The Kier molecular flexibility index (Phi) is 5.45. The number of rotatable bonds is 6. The smallest absolute Gasteiger partial charge is 0.338 e. The standard InChI is InChI=1S/C23H29NO3/c1-6-16-13-19(14-20-21(16)27-15-23(20,4)5)24(7-2)18-11-9-17(10-12-18)22(25)26-8-3/h9-14H,6-8,15H2,1-5H3. The molecule has 1 aliphatic rings. The molecule has 2 aromatic rings. The summed E-state index contributed by atoms with van der Waals surface area (Å²) in [7, 11) is 0. The highest BCUT2D eigenvalue weighted by Gasteiger charge is 2.34. The van der Waals surface area contributed by atoms with Crippen molar-refractivity contribution >= 4 is 17.3 Å². The zero-order valence-electron chi connectivity index (χ0n) is 17.0. The summed E-state index contributed by atoms with van der Waals surface area (Å²) in [5.74, 6) is 0.775. The summed E-state index contributed by atoms with van der Waals surface area (Å²) in [6, 6.07) is 12.1. The minimum atomic E-state index is -0.281. The van der Waals surface area contributed by atoms with Crippen LogP contribution in [0.5, 0.6) is 5.75 Å². The Bertz CT molecular complexity index is 824. The summed E-state index contributed by atoms with van der Waals surface area (Å²) in [5.41, 5.74) is 5.34. The molecule has 0 atom stereocenters. The number of carbonyl (C=O) groups excluding carboxylic acids is 1. The molecule has 0 N–H and O–H groups in total. The topological polar surface area (TPSA) is 38.8 Å². The molecule has 0 fully saturated rings. The van der Waals surface area contributed by atoms with E-state index in [1.54, 1.807) is 0 Å². The third-order valence-corrected chi connectivity index (χ3v) is 5.16. The van der Waals surface area contributed by atoms with Crippen molar-refractivity contribution in [2.45, 2.75) is 46.5 Å². The third kappa shape index (κ3) is 3.66. The molecule has 0 saturated carbocycles. The Morgan fingerprint density at radius 1 is 1.11 bits per heavy atom. The SMILES string of the molecule is CCOC(=O)c1ccc(N(CC)c2cc(CC)c3c(c2)C(C)(C)CO3)cc1. The van der Waals surface area contributed by atoms with Gasteiger partial charge in [0.1, 0.15) is 5.75 Å². The van der Waals surface area contributed by atoms with Crippen molar-refractivity contribution < 1.29 is 14.3 Å².